The minimum Gasteiger partial charge on any atom is -0.379 e. The molecule has 0 unspecified atom stereocenters. The molecule has 31 heavy (non-hydrogen) atoms. The minimum absolute atomic E-state index is 0.0636. The van der Waals surface area contributed by atoms with E-state index in [-0.39, 0.29) is 15.5 Å². The Bertz CT molecular complexity index is 1200. The van der Waals surface area contributed by atoms with Crippen LogP contribution < -0.4 is 10.5 Å². The number of anilines is 1. The van der Waals surface area contributed by atoms with Crippen molar-refractivity contribution in [3.05, 3.63) is 59.7 Å². The number of nitrogens with zero attached hydrogens (tertiary/aromatic N) is 1. The Labute approximate surface area is 181 Å². The smallest absolute Gasteiger partial charge is 0.248 e. The summed E-state index contributed by atoms with van der Waals surface area (Å²) in [6, 6.07) is 10.6. The maximum Gasteiger partial charge on any atom is 0.248 e. The molecular weight excluding hydrogens is 442 g/mol. The van der Waals surface area contributed by atoms with Crippen LogP contribution in [0.2, 0.25) is 0 Å². The van der Waals surface area contributed by atoms with Crippen LogP contribution in [0.4, 0.5) is 5.69 Å². The van der Waals surface area contributed by atoms with Gasteiger partial charge >= 0.3 is 0 Å². The third-order valence-corrected chi connectivity index (χ3v) is 7.64. The summed E-state index contributed by atoms with van der Waals surface area (Å²) in [6.07, 6.45) is 2.79. The van der Waals surface area contributed by atoms with E-state index >= 15 is 0 Å². The van der Waals surface area contributed by atoms with Gasteiger partial charge in [0.1, 0.15) is 0 Å². The van der Waals surface area contributed by atoms with Gasteiger partial charge in [-0.2, -0.15) is 4.31 Å². The number of carbonyl (C=O) groups is 1. The molecule has 3 rings (SSSR count). The van der Waals surface area contributed by atoms with Crippen molar-refractivity contribution in [3.63, 3.8) is 0 Å². The number of morpholine rings is 1. The van der Waals surface area contributed by atoms with Gasteiger partial charge in [-0.05, 0) is 48.4 Å². The molecule has 1 saturated heterocycles. The van der Waals surface area contributed by atoms with Crippen LogP contribution in [0.3, 0.4) is 0 Å². The molecular formula is C20H23N3O6S2. The average molecular weight is 466 g/mol. The fourth-order valence-electron chi connectivity index (χ4n) is 3.03. The van der Waals surface area contributed by atoms with E-state index in [1.54, 1.807) is 31.2 Å². The largest absolute Gasteiger partial charge is 0.379 e. The third kappa shape index (κ3) is 5.77. The predicted molar refractivity (Wildman–Crippen MR) is 116 cm³/mol. The van der Waals surface area contributed by atoms with Gasteiger partial charge in [0.2, 0.25) is 26.0 Å². The molecule has 0 aliphatic carbocycles. The molecule has 2 aromatic carbocycles. The SMILES string of the molecule is Cc1ccc(NC(=O)/C=C/c2ccc(S(=O)(=O)N3CCOCC3)cc2)cc1S(N)(=O)=O. The molecule has 1 heterocycles. The van der Waals surface area contributed by atoms with Gasteiger partial charge in [-0.25, -0.2) is 22.0 Å². The van der Waals surface area contributed by atoms with E-state index in [1.165, 1.54) is 34.7 Å². The average Bonchev–Trinajstić information content (AvgIpc) is 2.74. The first-order chi connectivity index (χ1) is 14.6. The summed E-state index contributed by atoms with van der Waals surface area (Å²) in [4.78, 5) is 12.3. The lowest BCUT2D eigenvalue weighted by atomic mass is 10.2. The van der Waals surface area contributed by atoms with E-state index in [0.29, 0.717) is 37.4 Å². The van der Waals surface area contributed by atoms with Crippen LogP contribution in [0.25, 0.3) is 6.08 Å². The summed E-state index contributed by atoms with van der Waals surface area (Å²) in [7, 11) is -7.48. The van der Waals surface area contributed by atoms with Crippen LogP contribution >= 0.6 is 0 Å². The Kier molecular flexibility index (Phi) is 6.92. The van der Waals surface area contributed by atoms with Crippen molar-refractivity contribution in [1.82, 2.24) is 4.31 Å². The van der Waals surface area contributed by atoms with E-state index in [9.17, 15) is 21.6 Å². The monoisotopic (exact) mass is 465 g/mol. The van der Waals surface area contributed by atoms with Crippen molar-refractivity contribution in [3.8, 4) is 0 Å². The number of amides is 1. The third-order valence-electron chi connectivity index (χ3n) is 4.68. The zero-order valence-electron chi connectivity index (χ0n) is 16.8. The molecule has 1 aliphatic heterocycles. The molecule has 0 spiro atoms. The lowest BCUT2D eigenvalue weighted by molar-refractivity contribution is -0.111. The molecule has 0 radical (unpaired) electrons. The number of carbonyl (C=O) groups excluding carboxylic acids is 1. The maximum absolute atomic E-state index is 12.6. The summed E-state index contributed by atoms with van der Waals surface area (Å²) in [5, 5.41) is 7.75. The Morgan fingerprint density at radius 3 is 2.32 bits per heavy atom. The number of primary sulfonamides is 1. The zero-order valence-corrected chi connectivity index (χ0v) is 18.4. The number of rotatable bonds is 6. The first-order valence-corrected chi connectivity index (χ1v) is 12.4. The molecule has 1 aliphatic rings. The highest BCUT2D eigenvalue weighted by molar-refractivity contribution is 7.89. The molecule has 0 bridgehead atoms. The van der Waals surface area contributed by atoms with Crippen LogP contribution in [-0.2, 0) is 29.6 Å². The highest BCUT2D eigenvalue weighted by atomic mass is 32.2. The van der Waals surface area contributed by atoms with E-state index in [2.05, 4.69) is 5.32 Å². The maximum atomic E-state index is 12.6. The zero-order chi connectivity index (χ0) is 22.6. The molecule has 166 valence electrons. The molecule has 1 fully saturated rings. The topological polar surface area (TPSA) is 136 Å². The number of nitrogens with one attached hydrogen (secondary N) is 1. The highest BCUT2D eigenvalue weighted by Gasteiger charge is 2.25. The summed E-state index contributed by atoms with van der Waals surface area (Å²) in [6.45, 7) is 2.98. The second kappa shape index (κ2) is 9.28. The summed E-state index contributed by atoms with van der Waals surface area (Å²) < 4.78 is 55.0. The second-order valence-corrected chi connectivity index (χ2v) is 10.4. The van der Waals surface area contributed by atoms with Gasteiger partial charge in [-0.15, -0.1) is 0 Å². The van der Waals surface area contributed by atoms with Crippen molar-refractivity contribution < 1.29 is 26.4 Å². The van der Waals surface area contributed by atoms with Crippen molar-refractivity contribution in [2.75, 3.05) is 31.6 Å². The van der Waals surface area contributed by atoms with Crippen molar-refractivity contribution in [2.45, 2.75) is 16.7 Å². The van der Waals surface area contributed by atoms with Gasteiger partial charge in [0.05, 0.1) is 23.0 Å². The highest BCUT2D eigenvalue weighted by Crippen LogP contribution is 2.20. The normalized spacial score (nSPS) is 15.8. The Balaban J connectivity index is 1.68. The predicted octanol–water partition coefficient (Wildman–Crippen LogP) is 1.32. The molecule has 1 amide bonds. The molecule has 0 aromatic heterocycles. The first-order valence-electron chi connectivity index (χ1n) is 9.38. The van der Waals surface area contributed by atoms with Gasteiger partial charge in [0, 0.05) is 24.9 Å². The number of sulfonamides is 2. The standard InChI is InChI=1S/C20H23N3O6S2/c1-15-2-6-17(14-19(15)30(21,25)26)22-20(24)9-5-16-3-7-18(8-4-16)31(27,28)23-10-12-29-13-11-23/h2-9,14H,10-13H2,1H3,(H,22,24)(H2,21,25,26)/b9-5+. The van der Waals surface area contributed by atoms with Crippen molar-refractivity contribution >= 4 is 37.7 Å². The van der Waals surface area contributed by atoms with E-state index in [1.807, 2.05) is 0 Å². The molecule has 9 nitrogen and oxygen atoms in total. The second-order valence-electron chi connectivity index (χ2n) is 6.93. The van der Waals surface area contributed by atoms with Crippen molar-refractivity contribution in [1.29, 1.82) is 0 Å². The number of hydrogen-bond acceptors (Lipinski definition) is 6. The van der Waals surface area contributed by atoms with E-state index in [4.69, 9.17) is 9.88 Å². The van der Waals surface area contributed by atoms with Crippen LogP contribution in [-0.4, -0.2) is 53.4 Å². The fraction of sp³-hybridized carbons (Fsp3) is 0.250. The number of hydrogen-bond donors (Lipinski definition) is 2. The number of nitrogens with two attached hydrogens (primary N) is 1. The van der Waals surface area contributed by atoms with Crippen molar-refractivity contribution in [2.24, 2.45) is 5.14 Å². The lowest BCUT2D eigenvalue weighted by Crippen LogP contribution is -2.40. The fourth-order valence-corrected chi connectivity index (χ4v) is 5.24. The van der Waals surface area contributed by atoms with E-state index in [0.717, 1.165) is 0 Å². The Hall–Kier alpha value is -2.57. The number of aryl methyl sites for hydroxylation is 1. The van der Waals surface area contributed by atoms with E-state index < -0.39 is 26.0 Å². The summed E-state index contributed by atoms with van der Waals surface area (Å²) in [5.74, 6) is -0.478. The van der Waals surface area contributed by atoms with Gasteiger partial charge in [-0.3, -0.25) is 4.79 Å². The van der Waals surface area contributed by atoms with Gasteiger partial charge in [0.15, 0.2) is 0 Å². The van der Waals surface area contributed by atoms with Crippen LogP contribution in [0, 0.1) is 6.92 Å². The Morgan fingerprint density at radius 2 is 1.71 bits per heavy atom. The Morgan fingerprint density at radius 1 is 1.06 bits per heavy atom. The van der Waals surface area contributed by atoms with Crippen LogP contribution in [0.5, 0.6) is 0 Å². The number of ether oxygens (including phenoxy) is 1. The lowest BCUT2D eigenvalue weighted by Gasteiger charge is -2.26. The number of benzene rings is 2. The van der Waals surface area contributed by atoms with Gasteiger partial charge in [-0.1, -0.05) is 18.2 Å². The van der Waals surface area contributed by atoms with Gasteiger partial charge < -0.3 is 10.1 Å². The molecule has 0 saturated carbocycles. The minimum atomic E-state index is -3.90. The van der Waals surface area contributed by atoms with Crippen LogP contribution in [0.15, 0.2) is 58.3 Å². The van der Waals surface area contributed by atoms with Crippen LogP contribution in [0.1, 0.15) is 11.1 Å². The molecule has 11 heteroatoms. The first kappa shape index (κ1) is 23.1. The van der Waals surface area contributed by atoms with Gasteiger partial charge in [0.25, 0.3) is 0 Å². The molecule has 3 N–H and O–H groups in total. The summed E-state index contributed by atoms with van der Waals surface area (Å²) in [5.41, 5.74) is 1.39. The molecule has 0 atom stereocenters. The molecule has 2 aromatic rings. The quantitative estimate of drug-likeness (QED) is 0.618. The summed E-state index contributed by atoms with van der Waals surface area (Å²) >= 11 is 0.